The first kappa shape index (κ1) is 14.7. The topological polar surface area (TPSA) is 15.8 Å². The molecule has 17 heavy (non-hydrogen) atoms. The summed E-state index contributed by atoms with van der Waals surface area (Å²) in [6.45, 7) is 0. The van der Waals surface area contributed by atoms with Gasteiger partial charge in [-0.05, 0) is 37.1 Å². The third-order valence-corrected chi connectivity index (χ3v) is 3.58. The lowest BCUT2D eigenvalue weighted by Crippen LogP contribution is -1.86. The predicted molar refractivity (Wildman–Crippen MR) is 79.9 cm³/mol. The molecule has 98 valence electrons. The van der Waals surface area contributed by atoms with Crippen LogP contribution in [0, 0.1) is 0 Å². The SMILES string of the molecule is SCCCCCCCCCCCc1ccc[nH]1. The number of hydrogen-bond donors (Lipinski definition) is 2. The zero-order valence-electron chi connectivity index (χ0n) is 11.0. The van der Waals surface area contributed by atoms with E-state index in [-0.39, 0.29) is 0 Å². The molecule has 0 aliphatic carbocycles. The van der Waals surface area contributed by atoms with Crippen LogP contribution in [0.15, 0.2) is 18.3 Å². The lowest BCUT2D eigenvalue weighted by atomic mass is 10.1. The second-order valence-electron chi connectivity index (χ2n) is 4.85. The van der Waals surface area contributed by atoms with E-state index in [1.54, 1.807) is 0 Å². The summed E-state index contributed by atoms with van der Waals surface area (Å²) in [6.07, 6.45) is 15.7. The summed E-state index contributed by atoms with van der Waals surface area (Å²) in [4.78, 5) is 3.26. The average molecular weight is 253 g/mol. The van der Waals surface area contributed by atoms with Crippen LogP contribution in [0.2, 0.25) is 0 Å². The van der Waals surface area contributed by atoms with E-state index in [9.17, 15) is 0 Å². The van der Waals surface area contributed by atoms with Crippen molar-refractivity contribution in [2.45, 2.75) is 64.2 Å². The number of H-pyrrole nitrogens is 1. The molecule has 0 atom stereocenters. The van der Waals surface area contributed by atoms with E-state index < -0.39 is 0 Å². The van der Waals surface area contributed by atoms with Gasteiger partial charge < -0.3 is 4.98 Å². The van der Waals surface area contributed by atoms with Gasteiger partial charge in [0.15, 0.2) is 0 Å². The van der Waals surface area contributed by atoms with Gasteiger partial charge in [0.2, 0.25) is 0 Å². The summed E-state index contributed by atoms with van der Waals surface area (Å²) in [5, 5.41) is 0. The van der Waals surface area contributed by atoms with Gasteiger partial charge in [-0.2, -0.15) is 12.6 Å². The maximum Gasteiger partial charge on any atom is 0.0147 e. The molecule has 0 radical (unpaired) electrons. The summed E-state index contributed by atoms with van der Waals surface area (Å²) in [5.74, 6) is 1.05. The van der Waals surface area contributed by atoms with Crippen LogP contribution in [-0.4, -0.2) is 10.7 Å². The summed E-state index contributed by atoms with van der Waals surface area (Å²) < 4.78 is 0. The molecule has 0 amide bonds. The molecule has 0 saturated heterocycles. The van der Waals surface area contributed by atoms with Crippen molar-refractivity contribution in [3.63, 3.8) is 0 Å². The van der Waals surface area contributed by atoms with Gasteiger partial charge in [-0.15, -0.1) is 0 Å². The van der Waals surface area contributed by atoms with Crippen molar-refractivity contribution in [3.05, 3.63) is 24.0 Å². The van der Waals surface area contributed by atoms with Gasteiger partial charge in [-0.3, -0.25) is 0 Å². The Hall–Kier alpha value is -0.370. The molecule has 0 bridgehead atoms. The van der Waals surface area contributed by atoms with Crippen molar-refractivity contribution in [2.24, 2.45) is 0 Å². The van der Waals surface area contributed by atoms with Gasteiger partial charge in [0.05, 0.1) is 0 Å². The van der Waals surface area contributed by atoms with E-state index in [1.165, 1.54) is 69.9 Å². The van der Waals surface area contributed by atoms with Crippen LogP contribution in [0.5, 0.6) is 0 Å². The van der Waals surface area contributed by atoms with Crippen LogP contribution < -0.4 is 0 Å². The molecule has 2 heteroatoms. The number of aromatic nitrogens is 1. The molecule has 1 aromatic heterocycles. The molecule has 0 spiro atoms. The summed E-state index contributed by atoms with van der Waals surface area (Å²) in [7, 11) is 0. The Bertz CT molecular complexity index is 243. The van der Waals surface area contributed by atoms with Gasteiger partial charge in [-0.1, -0.05) is 44.9 Å². The Morgan fingerprint density at radius 3 is 1.94 bits per heavy atom. The fourth-order valence-electron chi connectivity index (χ4n) is 2.19. The number of thiol groups is 1. The predicted octanol–water partition coefficient (Wildman–Crippen LogP) is 5.00. The van der Waals surface area contributed by atoms with Gasteiger partial charge in [0.25, 0.3) is 0 Å². The molecule has 1 nitrogen and oxygen atoms in total. The molecule has 1 heterocycles. The highest BCUT2D eigenvalue weighted by atomic mass is 32.1. The van der Waals surface area contributed by atoms with E-state index in [2.05, 4.69) is 29.7 Å². The zero-order chi connectivity index (χ0) is 12.2. The Morgan fingerprint density at radius 1 is 0.824 bits per heavy atom. The highest BCUT2D eigenvalue weighted by Crippen LogP contribution is 2.11. The van der Waals surface area contributed by atoms with E-state index >= 15 is 0 Å². The van der Waals surface area contributed by atoms with Crippen LogP contribution in [0.1, 0.15) is 63.5 Å². The molecule has 0 aromatic carbocycles. The molecule has 1 rings (SSSR count). The van der Waals surface area contributed by atoms with Crippen molar-refractivity contribution in [3.8, 4) is 0 Å². The van der Waals surface area contributed by atoms with Crippen molar-refractivity contribution in [1.82, 2.24) is 4.98 Å². The Labute approximate surface area is 112 Å². The monoisotopic (exact) mass is 253 g/mol. The zero-order valence-corrected chi connectivity index (χ0v) is 11.9. The molecule has 0 aliphatic rings. The largest absolute Gasteiger partial charge is 0.365 e. The first-order valence-electron chi connectivity index (χ1n) is 7.16. The number of hydrogen-bond acceptors (Lipinski definition) is 1. The maximum atomic E-state index is 4.23. The third kappa shape index (κ3) is 8.37. The van der Waals surface area contributed by atoms with Crippen LogP contribution in [0.4, 0.5) is 0 Å². The second kappa shape index (κ2) is 10.8. The number of rotatable bonds is 11. The minimum Gasteiger partial charge on any atom is -0.365 e. The Kier molecular flexibility index (Phi) is 9.30. The highest BCUT2D eigenvalue weighted by molar-refractivity contribution is 7.80. The quantitative estimate of drug-likeness (QED) is 0.408. The van der Waals surface area contributed by atoms with Crippen LogP contribution in [-0.2, 0) is 6.42 Å². The molecule has 1 aromatic rings. The Morgan fingerprint density at radius 2 is 1.41 bits per heavy atom. The van der Waals surface area contributed by atoms with Crippen LogP contribution in [0.25, 0.3) is 0 Å². The van der Waals surface area contributed by atoms with E-state index in [1.807, 2.05) is 6.20 Å². The van der Waals surface area contributed by atoms with E-state index in [4.69, 9.17) is 0 Å². The molecule has 0 unspecified atom stereocenters. The number of nitrogens with one attached hydrogen (secondary N) is 1. The van der Waals surface area contributed by atoms with Gasteiger partial charge in [0, 0.05) is 11.9 Å². The van der Waals surface area contributed by atoms with E-state index in [0.29, 0.717) is 0 Å². The van der Waals surface area contributed by atoms with Crippen molar-refractivity contribution < 1.29 is 0 Å². The summed E-state index contributed by atoms with van der Waals surface area (Å²) in [6, 6.07) is 4.27. The lowest BCUT2D eigenvalue weighted by molar-refractivity contribution is 0.565. The van der Waals surface area contributed by atoms with Crippen LogP contribution >= 0.6 is 12.6 Å². The first-order valence-corrected chi connectivity index (χ1v) is 7.80. The van der Waals surface area contributed by atoms with Crippen molar-refractivity contribution in [1.29, 1.82) is 0 Å². The van der Waals surface area contributed by atoms with Crippen molar-refractivity contribution in [2.75, 3.05) is 5.75 Å². The number of aryl methyl sites for hydroxylation is 1. The maximum absolute atomic E-state index is 4.23. The number of unbranched alkanes of at least 4 members (excludes halogenated alkanes) is 8. The molecule has 0 aliphatic heterocycles. The minimum atomic E-state index is 1.05. The molecule has 0 saturated carbocycles. The minimum absolute atomic E-state index is 1.05. The van der Waals surface area contributed by atoms with E-state index in [0.717, 1.165) is 5.75 Å². The third-order valence-electron chi connectivity index (χ3n) is 3.27. The highest BCUT2D eigenvalue weighted by Gasteiger charge is 1.94. The lowest BCUT2D eigenvalue weighted by Gasteiger charge is -2.01. The Balaban J connectivity index is 1.76. The smallest absolute Gasteiger partial charge is 0.0147 e. The van der Waals surface area contributed by atoms with Gasteiger partial charge >= 0.3 is 0 Å². The number of aromatic amines is 1. The van der Waals surface area contributed by atoms with Crippen molar-refractivity contribution >= 4 is 12.6 Å². The molecular weight excluding hydrogens is 226 g/mol. The summed E-state index contributed by atoms with van der Waals surface area (Å²) in [5.41, 5.74) is 1.39. The fourth-order valence-corrected chi connectivity index (χ4v) is 2.41. The van der Waals surface area contributed by atoms with Crippen LogP contribution in [0.3, 0.4) is 0 Å². The normalized spacial score (nSPS) is 10.9. The second-order valence-corrected chi connectivity index (χ2v) is 5.30. The molecule has 1 N–H and O–H groups in total. The average Bonchev–Trinajstić information content (AvgIpc) is 2.85. The molecular formula is C15H27NS. The summed E-state index contributed by atoms with van der Waals surface area (Å²) >= 11 is 4.23. The first-order chi connectivity index (χ1) is 8.43. The van der Waals surface area contributed by atoms with Gasteiger partial charge in [0.1, 0.15) is 0 Å². The standard InChI is InChI=1S/C15H27NS/c17-14-9-7-5-3-1-2-4-6-8-11-15-12-10-13-16-15/h10,12-13,16-17H,1-9,11,14H2. The fraction of sp³-hybridized carbons (Fsp3) is 0.733. The molecule has 0 fully saturated rings. The van der Waals surface area contributed by atoms with Gasteiger partial charge in [-0.25, -0.2) is 0 Å².